The molecule has 4 bridgehead atoms. The predicted octanol–water partition coefficient (Wildman–Crippen LogP) is 0.541. The summed E-state index contributed by atoms with van der Waals surface area (Å²) in [7, 11) is 0. The largest absolute Gasteiger partial charge is 0.462 e. The molecule has 0 aliphatic heterocycles. The van der Waals surface area contributed by atoms with Crippen molar-refractivity contribution in [3.63, 3.8) is 0 Å². The number of carbonyl (C=O) groups is 3. The third-order valence-electron chi connectivity index (χ3n) is 9.13. The summed E-state index contributed by atoms with van der Waals surface area (Å²) in [6, 6.07) is 0. The zero-order chi connectivity index (χ0) is 21.3. The third-order valence-corrected chi connectivity index (χ3v) is 9.13. The monoisotopic (exact) mass is 404 g/mol. The second-order valence-electron chi connectivity index (χ2n) is 10.6. The van der Waals surface area contributed by atoms with Crippen LogP contribution in [0.4, 0.5) is 0 Å². The fraction of sp³-hybridized carbons (Fsp3) is 0.773. The Kier molecular flexibility index (Phi) is 3.47. The minimum Gasteiger partial charge on any atom is -0.462 e. The molecule has 9 atom stereocenters. The van der Waals surface area contributed by atoms with Crippen LogP contribution in [0.3, 0.4) is 0 Å². The first-order valence-electron chi connectivity index (χ1n) is 10.4. The zero-order valence-corrected chi connectivity index (χ0v) is 17.0. The highest BCUT2D eigenvalue weighted by molar-refractivity contribution is 6.12. The Morgan fingerprint density at radius 2 is 1.86 bits per heavy atom. The van der Waals surface area contributed by atoms with Crippen LogP contribution in [0.2, 0.25) is 0 Å². The normalized spacial score (nSPS) is 54.3. The van der Waals surface area contributed by atoms with Crippen molar-refractivity contribution in [1.29, 1.82) is 0 Å². The van der Waals surface area contributed by atoms with Gasteiger partial charge in [0.25, 0.3) is 0 Å². The average molecular weight is 404 g/mol. The van der Waals surface area contributed by atoms with Gasteiger partial charge >= 0.3 is 5.97 Å². The van der Waals surface area contributed by atoms with Gasteiger partial charge in [0.1, 0.15) is 11.5 Å². The summed E-state index contributed by atoms with van der Waals surface area (Å²) in [5, 5.41) is 34.6. The van der Waals surface area contributed by atoms with Gasteiger partial charge in [-0.2, -0.15) is 0 Å². The van der Waals surface area contributed by atoms with Crippen LogP contribution >= 0.6 is 0 Å². The summed E-state index contributed by atoms with van der Waals surface area (Å²) in [6.45, 7) is 9.00. The van der Waals surface area contributed by atoms with Crippen molar-refractivity contribution in [2.75, 3.05) is 0 Å². The smallest absolute Gasteiger partial charge is 0.302 e. The van der Waals surface area contributed by atoms with Gasteiger partial charge < -0.3 is 20.1 Å². The van der Waals surface area contributed by atoms with Crippen molar-refractivity contribution in [1.82, 2.24) is 0 Å². The van der Waals surface area contributed by atoms with Crippen molar-refractivity contribution < 1.29 is 34.4 Å². The molecule has 5 aliphatic rings. The van der Waals surface area contributed by atoms with Crippen LogP contribution in [0.15, 0.2) is 12.2 Å². The van der Waals surface area contributed by atoms with Crippen LogP contribution in [0.5, 0.6) is 0 Å². The Labute approximate surface area is 169 Å². The molecule has 0 radical (unpaired) electrons. The molecule has 0 amide bonds. The topological polar surface area (TPSA) is 121 Å². The van der Waals surface area contributed by atoms with E-state index in [0.29, 0.717) is 12.8 Å². The summed E-state index contributed by atoms with van der Waals surface area (Å²) < 4.78 is 5.64. The van der Waals surface area contributed by atoms with Gasteiger partial charge in [-0.15, -0.1) is 0 Å². The van der Waals surface area contributed by atoms with E-state index < -0.39 is 75.4 Å². The van der Waals surface area contributed by atoms with Crippen LogP contribution < -0.4 is 0 Å². The number of rotatable bonds is 1. The molecular formula is C22H28O7. The van der Waals surface area contributed by atoms with Gasteiger partial charge in [0.15, 0.2) is 17.2 Å². The molecule has 158 valence electrons. The molecule has 5 fully saturated rings. The van der Waals surface area contributed by atoms with E-state index in [-0.39, 0.29) is 12.0 Å². The van der Waals surface area contributed by atoms with Gasteiger partial charge in [0.2, 0.25) is 0 Å². The summed E-state index contributed by atoms with van der Waals surface area (Å²) in [6.07, 6.45) is -1.54. The summed E-state index contributed by atoms with van der Waals surface area (Å²) in [4.78, 5) is 39.1. The molecule has 5 aliphatic carbocycles. The minimum atomic E-state index is -2.41. The molecule has 3 N–H and O–H groups in total. The number of hydrogen-bond acceptors (Lipinski definition) is 7. The van der Waals surface area contributed by atoms with E-state index in [1.807, 2.05) is 13.8 Å². The number of carbonyl (C=O) groups excluding carboxylic acids is 3. The zero-order valence-electron chi connectivity index (χ0n) is 17.0. The maximum absolute atomic E-state index is 13.7. The number of esters is 1. The van der Waals surface area contributed by atoms with Gasteiger partial charge in [-0.25, -0.2) is 0 Å². The molecule has 7 heteroatoms. The highest BCUT2D eigenvalue weighted by Gasteiger charge is 2.93. The lowest BCUT2D eigenvalue weighted by Gasteiger charge is -2.59. The van der Waals surface area contributed by atoms with E-state index >= 15 is 0 Å². The maximum atomic E-state index is 13.7. The van der Waals surface area contributed by atoms with Crippen LogP contribution in [0, 0.1) is 34.0 Å². The summed E-state index contributed by atoms with van der Waals surface area (Å²) in [5.74, 6) is -3.88. The first-order chi connectivity index (χ1) is 13.4. The van der Waals surface area contributed by atoms with E-state index in [4.69, 9.17) is 4.74 Å². The van der Waals surface area contributed by atoms with E-state index in [1.165, 1.54) is 6.92 Å². The number of hydrogen-bond donors (Lipinski definition) is 3. The number of aliphatic hydroxyl groups is 3. The predicted molar refractivity (Wildman–Crippen MR) is 99.3 cm³/mol. The van der Waals surface area contributed by atoms with Crippen molar-refractivity contribution in [3.8, 4) is 0 Å². The lowest BCUT2D eigenvalue weighted by molar-refractivity contribution is -0.222. The van der Waals surface area contributed by atoms with Crippen molar-refractivity contribution in [3.05, 3.63) is 12.2 Å². The minimum absolute atomic E-state index is 0.140. The third kappa shape index (κ3) is 1.66. The van der Waals surface area contributed by atoms with Gasteiger partial charge in [-0.1, -0.05) is 26.8 Å². The van der Waals surface area contributed by atoms with E-state index in [9.17, 15) is 29.7 Å². The van der Waals surface area contributed by atoms with Crippen LogP contribution in [-0.4, -0.2) is 56.8 Å². The van der Waals surface area contributed by atoms with Crippen LogP contribution in [-0.2, 0) is 19.1 Å². The first kappa shape index (κ1) is 19.4. The standard InChI is InChI=1S/C22H28O7/c1-9-11-8-12(29-10(2)23)13-20-7-5-6-19(3,4)14(20)17(26)22(28,18(20)27)21(13,15(9)24)16(11)25/h11-14,16,18,25,27-28H,1,5-8H2,2-4H3/t11-,12-,13-,14+,16+,18+,20+,21-,22+/m0/s1. The molecule has 5 saturated carbocycles. The number of ketones is 2. The SMILES string of the molecule is C=C1C(=O)[C@]23[C@H](O)[C@H]1C[C@H](OC(C)=O)[C@H]2[C@]12CCCC(C)(C)[C@H]1C(=O)[C@@]3(O)[C@@H]2O. The van der Waals surface area contributed by atoms with Crippen LogP contribution in [0.25, 0.3) is 0 Å². The molecule has 0 aromatic heterocycles. The van der Waals surface area contributed by atoms with E-state index in [0.717, 1.165) is 6.42 Å². The van der Waals surface area contributed by atoms with Gasteiger partial charge in [0.05, 0.1) is 12.2 Å². The van der Waals surface area contributed by atoms with Gasteiger partial charge in [0, 0.05) is 30.1 Å². The fourth-order valence-electron chi connectivity index (χ4n) is 8.53. The summed E-state index contributed by atoms with van der Waals surface area (Å²) in [5.41, 5.74) is -5.80. The lowest BCUT2D eigenvalue weighted by atomic mass is 9.44. The molecule has 29 heavy (non-hydrogen) atoms. The Hall–Kier alpha value is -1.57. The summed E-state index contributed by atoms with van der Waals surface area (Å²) >= 11 is 0. The molecule has 0 unspecified atom stereocenters. The number of Topliss-reactive ketones (excluding diaryl/α,β-unsaturated/α-hetero) is 2. The highest BCUT2D eigenvalue weighted by atomic mass is 16.5. The molecule has 0 saturated heterocycles. The maximum Gasteiger partial charge on any atom is 0.302 e. The molecule has 7 nitrogen and oxygen atoms in total. The Morgan fingerprint density at radius 3 is 2.48 bits per heavy atom. The highest BCUT2D eigenvalue weighted by Crippen LogP contribution is 2.80. The average Bonchev–Trinajstić information content (AvgIpc) is 2.95. The van der Waals surface area contributed by atoms with Crippen LogP contribution in [0.1, 0.15) is 46.5 Å². The molecule has 2 spiro atoms. The lowest BCUT2D eigenvalue weighted by Crippen LogP contribution is -2.71. The van der Waals surface area contributed by atoms with Gasteiger partial charge in [-0.05, 0) is 30.3 Å². The van der Waals surface area contributed by atoms with Crippen molar-refractivity contribution in [2.45, 2.75) is 70.4 Å². The number of aliphatic hydroxyl groups excluding tert-OH is 2. The second kappa shape index (κ2) is 5.18. The Morgan fingerprint density at radius 1 is 1.21 bits per heavy atom. The van der Waals surface area contributed by atoms with Crippen molar-refractivity contribution >= 4 is 17.5 Å². The quantitative estimate of drug-likeness (QED) is 0.431. The first-order valence-corrected chi connectivity index (χ1v) is 10.4. The Bertz CT molecular complexity index is 876. The molecule has 0 aromatic rings. The Balaban J connectivity index is 1.84. The molecule has 5 rings (SSSR count). The number of fused-ring (bicyclic) bond motifs is 2. The number of ether oxygens (including phenoxy) is 1. The van der Waals surface area contributed by atoms with E-state index in [2.05, 4.69) is 6.58 Å². The fourth-order valence-corrected chi connectivity index (χ4v) is 8.53. The molecule has 0 aromatic carbocycles. The molecule has 0 heterocycles. The second-order valence-corrected chi connectivity index (χ2v) is 10.6. The van der Waals surface area contributed by atoms with Gasteiger partial charge in [-0.3, -0.25) is 14.4 Å². The van der Waals surface area contributed by atoms with Crippen molar-refractivity contribution in [2.24, 2.45) is 34.0 Å². The molecular weight excluding hydrogens is 376 g/mol. The van der Waals surface area contributed by atoms with E-state index in [1.54, 1.807) is 0 Å².